The fraction of sp³-hybridized carbons (Fsp3) is 0.818. The lowest BCUT2D eigenvalue weighted by atomic mass is 10.0. The lowest BCUT2D eigenvalue weighted by Crippen LogP contribution is -2.25. The largest absolute Gasteiger partial charge is 0.472 e. The van der Waals surface area contributed by atoms with Crippen LogP contribution in [0.3, 0.4) is 0 Å². The molecule has 0 aliphatic rings. The number of allylic oxidation sites excluding steroid dienone is 8. The van der Waals surface area contributed by atoms with Crippen molar-refractivity contribution in [2.45, 2.75) is 250 Å². The van der Waals surface area contributed by atoms with Crippen molar-refractivity contribution in [1.29, 1.82) is 0 Å². The molecular formula is C55H102O15P2. The first-order valence-corrected chi connectivity index (χ1v) is 31.0. The van der Waals surface area contributed by atoms with Gasteiger partial charge >= 0.3 is 27.6 Å². The zero-order valence-electron chi connectivity index (χ0n) is 44.8. The predicted octanol–water partition coefficient (Wildman–Crippen LogP) is 14.0. The molecule has 0 amide bonds. The Morgan fingerprint density at radius 2 is 0.597 bits per heavy atom. The molecule has 5 N–H and O–H groups in total. The minimum Gasteiger partial charge on any atom is -0.463 e. The third kappa shape index (κ3) is 52.8. The predicted molar refractivity (Wildman–Crippen MR) is 288 cm³/mol. The molecule has 0 spiro atoms. The molecule has 0 aromatic rings. The van der Waals surface area contributed by atoms with Crippen LogP contribution in [-0.2, 0) is 46.3 Å². The van der Waals surface area contributed by atoms with Gasteiger partial charge in [0.2, 0.25) is 0 Å². The second kappa shape index (κ2) is 51.1. The molecule has 0 bridgehead atoms. The molecule has 0 fully saturated rings. The van der Waals surface area contributed by atoms with E-state index in [0.717, 1.165) is 70.6 Å². The van der Waals surface area contributed by atoms with Gasteiger partial charge in [0.15, 0.2) is 0 Å². The van der Waals surface area contributed by atoms with Crippen molar-refractivity contribution in [3.8, 4) is 0 Å². The van der Waals surface area contributed by atoms with E-state index in [9.17, 15) is 43.8 Å². The molecule has 72 heavy (non-hydrogen) atoms. The van der Waals surface area contributed by atoms with Crippen LogP contribution < -0.4 is 0 Å². The maximum absolute atomic E-state index is 12.2. The van der Waals surface area contributed by atoms with Gasteiger partial charge in [-0.2, -0.15) is 0 Å². The van der Waals surface area contributed by atoms with Crippen LogP contribution in [0.25, 0.3) is 0 Å². The molecule has 5 atom stereocenters. The van der Waals surface area contributed by atoms with Gasteiger partial charge in [-0.15, -0.1) is 0 Å². The molecule has 0 saturated heterocycles. The minimum absolute atomic E-state index is 0.181. The summed E-state index contributed by atoms with van der Waals surface area (Å²) < 4.78 is 53.2. The average Bonchev–Trinajstić information content (AvgIpc) is 3.36. The molecule has 0 aliphatic heterocycles. The third-order valence-electron chi connectivity index (χ3n) is 11.8. The van der Waals surface area contributed by atoms with E-state index in [1.165, 1.54) is 122 Å². The van der Waals surface area contributed by atoms with E-state index in [1.807, 2.05) is 0 Å². The molecule has 0 saturated carbocycles. The first-order valence-electron chi connectivity index (χ1n) is 28.0. The highest BCUT2D eigenvalue weighted by Gasteiger charge is 2.28. The number of phosphoric acid groups is 2. The molecule has 15 nitrogen and oxygen atoms in total. The highest BCUT2D eigenvalue weighted by atomic mass is 31.2. The Kier molecular flexibility index (Phi) is 49.7. The molecule has 422 valence electrons. The summed E-state index contributed by atoms with van der Waals surface area (Å²) in [5.41, 5.74) is 0. The Morgan fingerprint density at radius 3 is 0.931 bits per heavy atom. The van der Waals surface area contributed by atoms with Crippen molar-refractivity contribution in [2.24, 2.45) is 0 Å². The number of rotatable bonds is 54. The number of esters is 2. The summed E-state index contributed by atoms with van der Waals surface area (Å²) in [6.45, 7) is 0.411. The lowest BCUT2D eigenvalue weighted by molar-refractivity contribution is -0.148. The van der Waals surface area contributed by atoms with Crippen molar-refractivity contribution in [1.82, 2.24) is 0 Å². The summed E-state index contributed by atoms with van der Waals surface area (Å²) in [6.07, 6.45) is 50.9. The van der Waals surface area contributed by atoms with E-state index in [0.29, 0.717) is 12.8 Å². The fourth-order valence-corrected chi connectivity index (χ4v) is 8.98. The number of hydrogen-bond donors (Lipinski definition) is 5. The van der Waals surface area contributed by atoms with Crippen molar-refractivity contribution in [2.75, 3.05) is 39.6 Å². The van der Waals surface area contributed by atoms with Crippen molar-refractivity contribution >= 4 is 27.6 Å². The first-order chi connectivity index (χ1) is 34.8. The van der Waals surface area contributed by atoms with Crippen LogP contribution in [0.15, 0.2) is 48.6 Å². The quantitative estimate of drug-likeness (QED) is 0.0165. The van der Waals surface area contributed by atoms with Crippen LogP contribution in [0.4, 0.5) is 0 Å². The number of hydrogen-bond acceptors (Lipinski definition) is 13. The summed E-state index contributed by atoms with van der Waals surface area (Å²) >= 11 is 0. The highest BCUT2D eigenvalue weighted by molar-refractivity contribution is 7.47. The summed E-state index contributed by atoms with van der Waals surface area (Å²) in [5.74, 6) is -1.00. The smallest absolute Gasteiger partial charge is 0.463 e. The number of aliphatic hydroxyl groups is 3. The molecule has 0 aromatic heterocycles. The summed E-state index contributed by atoms with van der Waals surface area (Å²) in [5, 5.41) is 30.1. The number of unbranched alkanes of at least 4 members (excludes halogenated alkanes) is 26. The van der Waals surface area contributed by atoms with Gasteiger partial charge in [0.25, 0.3) is 0 Å². The van der Waals surface area contributed by atoms with Gasteiger partial charge in [0, 0.05) is 12.8 Å². The second-order valence-corrected chi connectivity index (χ2v) is 21.9. The molecule has 0 rings (SSSR count). The molecule has 0 aromatic carbocycles. The van der Waals surface area contributed by atoms with E-state index >= 15 is 0 Å². The monoisotopic (exact) mass is 1060 g/mol. The molecule has 0 aliphatic carbocycles. The van der Waals surface area contributed by atoms with Gasteiger partial charge in [-0.25, -0.2) is 9.13 Å². The van der Waals surface area contributed by atoms with Crippen LogP contribution in [0.1, 0.15) is 232 Å². The van der Waals surface area contributed by atoms with Crippen LogP contribution >= 0.6 is 15.6 Å². The Labute approximate surface area is 436 Å². The molecule has 5 unspecified atom stereocenters. The normalized spacial score (nSPS) is 15.2. The molecule has 0 radical (unpaired) electrons. The van der Waals surface area contributed by atoms with Gasteiger partial charge in [-0.05, 0) is 77.0 Å². The summed E-state index contributed by atoms with van der Waals surface area (Å²) in [6, 6.07) is 0. The van der Waals surface area contributed by atoms with Gasteiger partial charge in [-0.1, -0.05) is 191 Å². The topological polar surface area (TPSA) is 225 Å². The first kappa shape index (κ1) is 70.0. The van der Waals surface area contributed by atoms with E-state index in [4.69, 9.17) is 18.5 Å². The Bertz CT molecular complexity index is 1470. The lowest BCUT2D eigenvalue weighted by Gasteiger charge is -2.19. The molecule has 0 heterocycles. The SMILES string of the molecule is CCCCC/C=C\C/C=C\C/C=C\CCCCCCCCC(=O)OCC(O)COP(=O)(O)OCC(O)COP(=O)(O)OCC(O)COC(=O)CCCCCCCCCCCCC/C=C/CCCCCCCC. The number of ether oxygens (including phenoxy) is 2. The third-order valence-corrected chi connectivity index (χ3v) is 13.7. The molecular weight excluding hydrogens is 963 g/mol. The van der Waals surface area contributed by atoms with Crippen LogP contribution in [0.2, 0.25) is 0 Å². The van der Waals surface area contributed by atoms with Crippen LogP contribution in [0.5, 0.6) is 0 Å². The number of aliphatic hydroxyl groups excluding tert-OH is 3. The summed E-state index contributed by atoms with van der Waals surface area (Å²) in [7, 11) is -9.58. The Morgan fingerprint density at radius 1 is 0.361 bits per heavy atom. The van der Waals surface area contributed by atoms with E-state index in [2.05, 4.69) is 71.5 Å². The number of phosphoric ester groups is 2. The van der Waals surface area contributed by atoms with Crippen molar-refractivity contribution in [3.05, 3.63) is 48.6 Å². The van der Waals surface area contributed by atoms with Gasteiger partial charge in [-0.3, -0.25) is 27.7 Å². The maximum Gasteiger partial charge on any atom is 0.472 e. The Balaban J connectivity index is 3.83. The minimum atomic E-state index is -4.79. The average molecular weight is 1070 g/mol. The van der Waals surface area contributed by atoms with E-state index in [-0.39, 0.29) is 12.8 Å². The van der Waals surface area contributed by atoms with Gasteiger partial charge in [0.05, 0.1) is 26.4 Å². The van der Waals surface area contributed by atoms with Crippen LogP contribution in [0, 0.1) is 0 Å². The molecule has 17 heteroatoms. The van der Waals surface area contributed by atoms with Gasteiger partial charge < -0.3 is 34.6 Å². The van der Waals surface area contributed by atoms with Gasteiger partial charge in [0.1, 0.15) is 31.5 Å². The number of carbonyl (C=O) groups excluding carboxylic acids is 2. The standard InChI is InChI=1S/C55H102O15P2/c1-3-5-7-9-11-13-15-17-19-21-23-24-26-28-30-32-34-36-38-40-42-44-55(60)66-46-52(57)48-68-72(63,64)70-50-53(58)49-69-71(61,62)67-47-51(56)45-65-54(59)43-41-39-37-35-33-31-29-27-25-22-20-18-16-14-12-10-8-6-4-2/h12,14,17-20,25,27,51-53,56-58H,3-11,13,15-16,21-24,26,28-50H2,1-2H3,(H,61,62)(H,63,64)/b14-12-,19-17+,20-18-,27-25-. The van der Waals surface area contributed by atoms with Crippen LogP contribution in [-0.4, -0.2) is 95.0 Å². The van der Waals surface area contributed by atoms with Crippen molar-refractivity contribution in [3.63, 3.8) is 0 Å². The second-order valence-electron chi connectivity index (χ2n) is 18.9. The zero-order valence-corrected chi connectivity index (χ0v) is 46.6. The zero-order chi connectivity index (χ0) is 53.1. The summed E-state index contributed by atoms with van der Waals surface area (Å²) in [4.78, 5) is 43.9. The number of carbonyl (C=O) groups is 2. The highest BCUT2D eigenvalue weighted by Crippen LogP contribution is 2.45. The fourth-order valence-electron chi connectivity index (χ4n) is 7.39. The van der Waals surface area contributed by atoms with Crippen molar-refractivity contribution < 1.29 is 71.4 Å². The Hall–Kier alpha value is -2.00. The van der Waals surface area contributed by atoms with E-state index in [1.54, 1.807) is 0 Å². The van der Waals surface area contributed by atoms with E-state index < -0.39 is 85.5 Å². The maximum atomic E-state index is 12.2.